The van der Waals surface area contributed by atoms with Gasteiger partial charge >= 0.3 is 0 Å². The second-order valence-electron chi connectivity index (χ2n) is 4.34. The van der Waals surface area contributed by atoms with Crippen LogP contribution >= 0.6 is 0 Å². The molecule has 0 heterocycles. The highest BCUT2D eigenvalue weighted by Gasteiger charge is 2.34. The molecule has 5 N–H and O–H groups in total. The summed E-state index contributed by atoms with van der Waals surface area (Å²) in [5, 5.41) is 2.98. The zero-order valence-electron chi connectivity index (χ0n) is 11.0. The third-order valence-corrected chi connectivity index (χ3v) is 3.10. The van der Waals surface area contributed by atoms with Crippen LogP contribution in [0.5, 0.6) is 0 Å². The van der Waals surface area contributed by atoms with Crippen LogP contribution in [0.1, 0.15) is 39.5 Å². The van der Waals surface area contributed by atoms with Crippen molar-refractivity contribution in [3.63, 3.8) is 0 Å². The fourth-order valence-electron chi connectivity index (χ4n) is 2.01. The highest BCUT2D eigenvalue weighted by Crippen LogP contribution is 2.22. The van der Waals surface area contributed by atoms with E-state index < -0.39 is 5.54 Å². The maximum atomic E-state index is 11.3. The molecule has 0 aliphatic heterocycles. The maximum Gasteiger partial charge on any atom is 0.217 e. The van der Waals surface area contributed by atoms with E-state index in [0.717, 1.165) is 19.3 Å². The zero-order valence-corrected chi connectivity index (χ0v) is 11.0. The summed E-state index contributed by atoms with van der Waals surface area (Å²) in [6.45, 7) is 7.70. The maximum absolute atomic E-state index is 11.3. The van der Waals surface area contributed by atoms with Crippen LogP contribution in [0.25, 0.3) is 0 Å². The Balaban J connectivity index is 4.86. The molecule has 0 fully saturated rings. The summed E-state index contributed by atoms with van der Waals surface area (Å²) in [5.74, 6) is -0.0625. The topological polar surface area (TPSA) is 81.1 Å². The van der Waals surface area contributed by atoms with E-state index in [1.807, 2.05) is 13.0 Å². The molecule has 4 nitrogen and oxygen atoms in total. The average molecular weight is 239 g/mol. The fraction of sp³-hybridized carbons (Fsp3) is 0.692. The number of carbonyl (C=O) groups is 1. The Hall–Kier alpha value is -1.09. The molecule has 98 valence electrons. The van der Waals surface area contributed by atoms with Crippen LogP contribution in [0, 0.1) is 0 Å². The summed E-state index contributed by atoms with van der Waals surface area (Å²) in [7, 11) is 0. The molecule has 0 bridgehead atoms. The molecule has 1 amide bonds. The van der Waals surface area contributed by atoms with Crippen molar-refractivity contribution in [1.29, 1.82) is 0 Å². The van der Waals surface area contributed by atoms with Gasteiger partial charge < -0.3 is 16.8 Å². The molecule has 0 aromatic rings. The van der Waals surface area contributed by atoms with Gasteiger partial charge in [0.1, 0.15) is 0 Å². The Bertz CT molecular complexity index is 278. The van der Waals surface area contributed by atoms with Crippen molar-refractivity contribution >= 4 is 5.91 Å². The van der Waals surface area contributed by atoms with Crippen molar-refractivity contribution in [3.05, 3.63) is 18.4 Å². The Morgan fingerprint density at radius 2 is 2.29 bits per heavy atom. The van der Waals surface area contributed by atoms with E-state index in [1.165, 1.54) is 6.92 Å². The average Bonchev–Trinajstić information content (AvgIpc) is 2.30. The van der Waals surface area contributed by atoms with Gasteiger partial charge in [-0.2, -0.15) is 0 Å². The standard InChI is InChI=1S/C13H25N3O/c1-4-6-9-13(5-2,16-11(3)17)12(15)8-7-10-14/h6,12H,1,5,7-10,14-15H2,2-3H3,(H,16,17). The molecule has 2 atom stereocenters. The van der Waals surface area contributed by atoms with E-state index in [4.69, 9.17) is 11.5 Å². The molecular formula is C13H25N3O. The molecule has 0 radical (unpaired) electrons. The molecule has 0 saturated carbocycles. The molecule has 0 aliphatic carbocycles. The number of rotatable bonds is 8. The largest absolute Gasteiger partial charge is 0.349 e. The quantitative estimate of drug-likeness (QED) is 0.554. The van der Waals surface area contributed by atoms with E-state index in [9.17, 15) is 4.79 Å². The Labute approximate surface area is 104 Å². The summed E-state index contributed by atoms with van der Waals surface area (Å²) in [6, 6.07) is -0.107. The van der Waals surface area contributed by atoms with Crippen molar-refractivity contribution < 1.29 is 4.79 Å². The molecule has 0 rings (SSSR count). The highest BCUT2D eigenvalue weighted by molar-refractivity contribution is 5.74. The van der Waals surface area contributed by atoms with Gasteiger partial charge in [-0.1, -0.05) is 13.5 Å². The summed E-state index contributed by atoms with van der Waals surface area (Å²) in [4.78, 5) is 11.3. The Morgan fingerprint density at radius 3 is 2.71 bits per heavy atom. The van der Waals surface area contributed by atoms with Gasteiger partial charge in [-0.15, -0.1) is 5.73 Å². The fourth-order valence-corrected chi connectivity index (χ4v) is 2.01. The van der Waals surface area contributed by atoms with Crippen LogP contribution < -0.4 is 16.8 Å². The van der Waals surface area contributed by atoms with Crippen LogP contribution in [0.2, 0.25) is 0 Å². The number of hydrogen-bond donors (Lipinski definition) is 3. The third-order valence-electron chi connectivity index (χ3n) is 3.10. The van der Waals surface area contributed by atoms with Crippen molar-refractivity contribution in [2.45, 2.75) is 51.1 Å². The molecule has 2 unspecified atom stereocenters. The first-order valence-electron chi connectivity index (χ1n) is 6.11. The Morgan fingerprint density at radius 1 is 1.65 bits per heavy atom. The molecule has 0 aliphatic rings. The van der Waals surface area contributed by atoms with E-state index in [-0.39, 0.29) is 11.9 Å². The van der Waals surface area contributed by atoms with Gasteiger partial charge in [0.05, 0.1) is 5.54 Å². The summed E-state index contributed by atoms with van der Waals surface area (Å²) in [5.41, 5.74) is 14.0. The smallest absolute Gasteiger partial charge is 0.217 e. The first kappa shape index (κ1) is 15.9. The van der Waals surface area contributed by atoms with Crippen LogP contribution in [0.3, 0.4) is 0 Å². The van der Waals surface area contributed by atoms with E-state index >= 15 is 0 Å². The third kappa shape index (κ3) is 5.18. The Kier molecular flexibility index (Phi) is 7.55. The molecule has 0 aromatic heterocycles. The first-order valence-corrected chi connectivity index (χ1v) is 6.11. The van der Waals surface area contributed by atoms with Crippen molar-refractivity contribution in [2.24, 2.45) is 11.5 Å². The molecule has 0 spiro atoms. The second kappa shape index (κ2) is 8.07. The van der Waals surface area contributed by atoms with Gasteiger partial charge in [0.2, 0.25) is 5.91 Å². The zero-order chi connectivity index (χ0) is 13.3. The summed E-state index contributed by atoms with van der Waals surface area (Å²) in [6.07, 6.45) is 4.91. The van der Waals surface area contributed by atoms with E-state index in [1.54, 1.807) is 0 Å². The lowest BCUT2D eigenvalue weighted by molar-refractivity contribution is -0.121. The number of carbonyl (C=O) groups excluding carboxylic acids is 1. The van der Waals surface area contributed by atoms with Gasteiger partial charge in [-0.05, 0) is 38.3 Å². The van der Waals surface area contributed by atoms with Gasteiger partial charge in [0.25, 0.3) is 0 Å². The predicted octanol–water partition coefficient (Wildman–Crippen LogP) is 1.07. The monoisotopic (exact) mass is 239 g/mol. The van der Waals surface area contributed by atoms with Gasteiger partial charge in [-0.25, -0.2) is 0 Å². The minimum atomic E-state index is -0.411. The molecule has 17 heavy (non-hydrogen) atoms. The van der Waals surface area contributed by atoms with E-state index in [0.29, 0.717) is 13.0 Å². The van der Waals surface area contributed by atoms with Gasteiger partial charge in [-0.3, -0.25) is 4.79 Å². The molecular weight excluding hydrogens is 214 g/mol. The van der Waals surface area contributed by atoms with Gasteiger partial charge in [0.15, 0.2) is 0 Å². The minimum Gasteiger partial charge on any atom is -0.349 e. The summed E-state index contributed by atoms with van der Waals surface area (Å²) >= 11 is 0. The SMILES string of the molecule is C=C=CCC(CC)(NC(C)=O)C(N)CCCN. The number of nitrogens with two attached hydrogens (primary N) is 2. The van der Waals surface area contributed by atoms with Crippen molar-refractivity contribution in [3.8, 4) is 0 Å². The minimum absolute atomic E-state index is 0.0625. The van der Waals surface area contributed by atoms with Crippen molar-refractivity contribution in [1.82, 2.24) is 5.32 Å². The van der Waals surface area contributed by atoms with Crippen molar-refractivity contribution in [2.75, 3.05) is 6.54 Å². The predicted molar refractivity (Wildman–Crippen MR) is 71.4 cm³/mol. The van der Waals surface area contributed by atoms with Gasteiger partial charge in [0, 0.05) is 13.0 Å². The van der Waals surface area contributed by atoms with E-state index in [2.05, 4.69) is 17.6 Å². The molecule has 0 saturated heterocycles. The van der Waals surface area contributed by atoms with Crippen LogP contribution in [-0.2, 0) is 4.79 Å². The summed E-state index contributed by atoms with van der Waals surface area (Å²) < 4.78 is 0. The normalized spacial score (nSPS) is 15.5. The molecule has 4 heteroatoms. The number of nitrogens with one attached hydrogen (secondary N) is 1. The first-order chi connectivity index (χ1) is 8.02. The van der Waals surface area contributed by atoms with Crippen LogP contribution in [-0.4, -0.2) is 24.0 Å². The van der Waals surface area contributed by atoms with Crippen LogP contribution in [0.4, 0.5) is 0 Å². The number of amides is 1. The van der Waals surface area contributed by atoms with Crippen LogP contribution in [0.15, 0.2) is 18.4 Å². The lowest BCUT2D eigenvalue weighted by Gasteiger charge is -2.38. The highest BCUT2D eigenvalue weighted by atomic mass is 16.1. The molecule has 0 aromatic carbocycles. The second-order valence-corrected chi connectivity index (χ2v) is 4.34. The lowest BCUT2D eigenvalue weighted by atomic mass is 9.82. The number of hydrogen-bond acceptors (Lipinski definition) is 3. The lowest BCUT2D eigenvalue weighted by Crippen LogP contribution is -2.59.